The lowest BCUT2D eigenvalue weighted by molar-refractivity contribution is -0.122. The van der Waals surface area contributed by atoms with Gasteiger partial charge in [0.15, 0.2) is 0 Å². The Bertz CT molecular complexity index is 761. The van der Waals surface area contributed by atoms with Crippen molar-refractivity contribution in [1.29, 1.82) is 0 Å². The number of halogens is 1. The predicted octanol–water partition coefficient (Wildman–Crippen LogP) is 3.36. The fourth-order valence-corrected chi connectivity index (χ4v) is 3.36. The maximum absolute atomic E-state index is 13.9. The molecule has 1 N–H and O–H groups in total. The lowest BCUT2D eigenvalue weighted by Crippen LogP contribution is -2.35. The van der Waals surface area contributed by atoms with Gasteiger partial charge in [0.05, 0.1) is 13.2 Å². The Hall–Kier alpha value is -2.40. The maximum Gasteiger partial charge on any atom is 0.223 e. The van der Waals surface area contributed by atoms with Crippen molar-refractivity contribution in [3.63, 3.8) is 0 Å². The van der Waals surface area contributed by atoms with Gasteiger partial charge in [0.25, 0.3) is 0 Å². The second-order valence-corrected chi connectivity index (χ2v) is 6.97. The molecule has 0 aromatic heterocycles. The lowest BCUT2D eigenvalue weighted by Gasteiger charge is -2.25. The number of rotatable bonds is 7. The molecule has 4 nitrogen and oxygen atoms in total. The predicted molar refractivity (Wildman–Crippen MR) is 99.7 cm³/mol. The summed E-state index contributed by atoms with van der Waals surface area (Å²) < 4.78 is 19.1. The van der Waals surface area contributed by atoms with E-state index in [0.717, 1.165) is 11.3 Å². The Kier molecular flexibility index (Phi) is 5.57. The van der Waals surface area contributed by atoms with Crippen molar-refractivity contribution in [2.45, 2.75) is 18.4 Å². The van der Waals surface area contributed by atoms with Crippen molar-refractivity contribution in [2.24, 2.45) is 5.92 Å². The van der Waals surface area contributed by atoms with E-state index in [2.05, 4.69) is 10.2 Å². The number of methoxy groups -OCH3 is 1. The molecular formula is C21H25FN2O2. The Morgan fingerprint density at radius 1 is 1.23 bits per heavy atom. The number of nitrogens with zero attached hydrogens (tertiary/aromatic N) is 1. The zero-order valence-corrected chi connectivity index (χ0v) is 15.4. The van der Waals surface area contributed by atoms with Crippen LogP contribution in [0.2, 0.25) is 0 Å². The van der Waals surface area contributed by atoms with Crippen molar-refractivity contribution in [3.05, 3.63) is 65.5 Å². The van der Waals surface area contributed by atoms with Crippen LogP contribution in [0.1, 0.15) is 29.5 Å². The van der Waals surface area contributed by atoms with E-state index in [1.165, 1.54) is 6.07 Å². The molecule has 2 aromatic rings. The molecule has 1 aliphatic rings. The largest absolute Gasteiger partial charge is 0.497 e. The first-order chi connectivity index (χ1) is 12.5. The van der Waals surface area contributed by atoms with Gasteiger partial charge in [-0.2, -0.15) is 0 Å². The average Bonchev–Trinajstić information content (AvgIpc) is 3.43. The van der Waals surface area contributed by atoms with Crippen molar-refractivity contribution < 1.29 is 13.9 Å². The number of carbonyl (C=O) groups is 1. The van der Waals surface area contributed by atoms with Gasteiger partial charge < -0.3 is 15.0 Å². The highest BCUT2D eigenvalue weighted by molar-refractivity contribution is 5.83. The molecule has 0 spiro atoms. The topological polar surface area (TPSA) is 41.6 Å². The van der Waals surface area contributed by atoms with Gasteiger partial charge in [-0.3, -0.25) is 4.79 Å². The second kappa shape index (κ2) is 7.87. The van der Waals surface area contributed by atoms with E-state index in [9.17, 15) is 9.18 Å². The van der Waals surface area contributed by atoms with E-state index >= 15 is 0 Å². The molecule has 26 heavy (non-hydrogen) atoms. The minimum atomic E-state index is -0.225. The molecule has 1 amide bonds. The van der Waals surface area contributed by atoms with Gasteiger partial charge in [-0.1, -0.05) is 30.3 Å². The molecule has 0 heterocycles. The van der Waals surface area contributed by atoms with Crippen molar-refractivity contribution in [1.82, 2.24) is 10.2 Å². The van der Waals surface area contributed by atoms with Gasteiger partial charge >= 0.3 is 0 Å². The molecule has 3 unspecified atom stereocenters. The number of hydrogen-bond donors (Lipinski definition) is 1. The van der Waals surface area contributed by atoms with E-state index in [1.807, 2.05) is 44.4 Å². The molecule has 2 aromatic carbocycles. The Morgan fingerprint density at radius 2 is 1.92 bits per heavy atom. The van der Waals surface area contributed by atoms with Crippen LogP contribution in [0.15, 0.2) is 48.5 Å². The number of amides is 1. The second-order valence-electron chi connectivity index (χ2n) is 6.97. The summed E-state index contributed by atoms with van der Waals surface area (Å²) in [6, 6.07) is 14.6. The molecule has 3 atom stereocenters. The molecule has 5 heteroatoms. The van der Waals surface area contributed by atoms with Crippen LogP contribution < -0.4 is 10.1 Å². The van der Waals surface area contributed by atoms with Gasteiger partial charge in [0.1, 0.15) is 11.6 Å². The molecule has 3 rings (SSSR count). The zero-order chi connectivity index (χ0) is 18.7. The smallest absolute Gasteiger partial charge is 0.223 e. The summed E-state index contributed by atoms with van der Waals surface area (Å²) >= 11 is 0. The molecule has 0 bridgehead atoms. The van der Waals surface area contributed by atoms with Gasteiger partial charge in [0.2, 0.25) is 5.91 Å². The zero-order valence-electron chi connectivity index (χ0n) is 15.4. The maximum atomic E-state index is 13.9. The lowest BCUT2D eigenvalue weighted by atomic mass is 10.1. The highest BCUT2D eigenvalue weighted by Gasteiger charge is 2.45. The summed E-state index contributed by atoms with van der Waals surface area (Å²) in [7, 11) is 5.61. The van der Waals surface area contributed by atoms with Crippen LogP contribution in [0.4, 0.5) is 4.39 Å². The molecule has 1 fully saturated rings. The molecule has 0 radical (unpaired) electrons. The molecule has 1 aliphatic carbocycles. The number of benzene rings is 2. The van der Waals surface area contributed by atoms with Crippen LogP contribution in [0, 0.1) is 11.7 Å². The first kappa shape index (κ1) is 18.4. The van der Waals surface area contributed by atoms with E-state index in [-0.39, 0.29) is 29.6 Å². The van der Waals surface area contributed by atoms with Gasteiger partial charge in [-0.25, -0.2) is 4.39 Å². The van der Waals surface area contributed by atoms with E-state index < -0.39 is 0 Å². The molecule has 0 aliphatic heterocycles. The number of hydrogen-bond acceptors (Lipinski definition) is 3. The quantitative estimate of drug-likeness (QED) is 0.827. The first-order valence-corrected chi connectivity index (χ1v) is 8.83. The van der Waals surface area contributed by atoms with Crippen LogP contribution in [0.5, 0.6) is 5.75 Å². The third kappa shape index (κ3) is 4.05. The van der Waals surface area contributed by atoms with Gasteiger partial charge in [-0.05, 0) is 55.8 Å². The monoisotopic (exact) mass is 356 g/mol. The number of ether oxygens (including phenoxy) is 1. The van der Waals surface area contributed by atoms with Gasteiger partial charge in [-0.15, -0.1) is 0 Å². The van der Waals surface area contributed by atoms with E-state index in [1.54, 1.807) is 19.2 Å². The van der Waals surface area contributed by atoms with Crippen molar-refractivity contribution in [2.75, 3.05) is 27.7 Å². The summed E-state index contributed by atoms with van der Waals surface area (Å²) in [4.78, 5) is 14.6. The summed E-state index contributed by atoms with van der Waals surface area (Å²) in [6.07, 6.45) is 0.710. The van der Waals surface area contributed by atoms with E-state index in [4.69, 9.17) is 4.74 Å². The molecule has 0 saturated heterocycles. The Morgan fingerprint density at radius 3 is 2.54 bits per heavy atom. The van der Waals surface area contributed by atoms with Gasteiger partial charge in [0, 0.05) is 12.5 Å². The highest BCUT2D eigenvalue weighted by atomic mass is 19.1. The first-order valence-electron chi connectivity index (χ1n) is 8.83. The van der Waals surface area contributed by atoms with Crippen molar-refractivity contribution >= 4 is 5.91 Å². The van der Waals surface area contributed by atoms with Crippen molar-refractivity contribution in [3.8, 4) is 5.75 Å². The minimum Gasteiger partial charge on any atom is -0.497 e. The number of likely N-dealkylation sites (N-methyl/N-ethyl adjacent to an activating group) is 1. The normalized spacial score (nSPS) is 19.9. The van der Waals surface area contributed by atoms with Crippen LogP contribution >= 0.6 is 0 Å². The number of carbonyl (C=O) groups excluding carboxylic acids is 1. The Balaban J connectivity index is 1.59. The summed E-state index contributed by atoms with van der Waals surface area (Å²) in [6.45, 7) is 0.513. The van der Waals surface area contributed by atoms with Crippen LogP contribution in [0.3, 0.4) is 0 Å². The average molecular weight is 356 g/mol. The summed E-state index contributed by atoms with van der Waals surface area (Å²) in [5.41, 5.74) is 1.75. The fourth-order valence-electron chi connectivity index (χ4n) is 3.36. The summed E-state index contributed by atoms with van der Waals surface area (Å²) in [5.74, 6) is 0.442. The third-order valence-corrected chi connectivity index (χ3v) is 5.03. The third-order valence-electron chi connectivity index (χ3n) is 5.03. The standard InChI is InChI=1S/C21H25FN2O2/c1-24(2)20(14-8-10-15(26-3)11-9-14)13-23-21(25)18-12-17(18)16-6-4-5-7-19(16)22/h4-11,17-18,20H,12-13H2,1-3H3,(H,23,25). The molecule has 138 valence electrons. The minimum absolute atomic E-state index is 0.00128. The molecular weight excluding hydrogens is 331 g/mol. The molecule has 1 saturated carbocycles. The van der Waals surface area contributed by atoms with Crippen LogP contribution in [-0.2, 0) is 4.79 Å². The van der Waals surface area contributed by atoms with E-state index in [0.29, 0.717) is 18.5 Å². The fraction of sp³-hybridized carbons (Fsp3) is 0.381. The highest BCUT2D eigenvalue weighted by Crippen LogP contribution is 2.48. The van der Waals surface area contributed by atoms with Crippen LogP contribution in [0.25, 0.3) is 0 Å². The number of nitrogens with one attached hydrogen (secondary N) is 1. The SMILES string of the molecule is COc1ccc(C(CNC(=O)C2CC2c2ccccc2F)N(C)C)cc1. The Labute approximate surface area is 154 Å². The summed E-state index contributed by atoms with van der Waals surface area (Å²) in [5, 5.41) is 3.04. The van der Waals surface area contributed by atoms with Crippen LogP contribution in [-0.4, -0.2) is 38.6 Å².